The van der Waals surface area contributed by atoms with Gasteiger partial charge >= 0.3 is 0 Å². The van der Waals surface area contributed by atoms with Crippen LogP contribution in [0.25, 0.3) is 0 Å². The van der Waals surface area contributed by atoms with E-state index < -0.39 is 0 Å². The minimum absolute atomic E-state index is 0.782. The van der Waals surface area contributed by atoms with E-state index in [9.17, 15) is 0 Å². The van der Waals surface area contributed by atoms with Crippen LogP contribution in [-0.2, 0) is 20.1 Å². The third-order valence-corrected chi connectivity index (χ3v) is 4.29. The van der Waals surface area contributed by atoms with E-state index in [1.54, 1.807) is 0 Å². The summed E-state index contributed by atoms with van der Waals surface area (Å²) in [5, 5.41) is 7.78. The molecule has 0 saturated carbocycles. The first-order valence-electron chi connectivity index (χ1n) is 6.44. The van der Waals surface area contributed by atoms with Crippen molar-refractivity contribution in [2.45, 2.75) is 33.9 Å². The summed E-state index contributed by atoms with van der Waals surface area (Å²) in [6.07, 6.45) is 1.94. The van der Waals surface area contributed by atoms with Crippen LogP contribution in [0, 0.1) is 13.8 Å². The van der Waals surface area contributed by atoms with Crippen molar-refractivity contribution in [3.05, 3.63) is 33.6 Å². The first kappa shape index (κ1) is 14.3. The van der Waals surface area contributed by atoms with Gasteiger partial charge in [0, 0.05) is 19.8 Å². The molecule has 0 aromatic carbocycles. The molecule has 5 nitrogen and oxygen atoms in total. The van der Waals surface area contributed by atoms with Crippen LogP contribution in [0.2, 0.25) is 0 Å². The fourth-order valence-electron chi connectivity index (χ4n) is 2.13. The molecule has 0 atom stereocenters. The van der Waals surface area contributed by atoms with Gasteiger partial charge in [0.1, 0.15) is 5.82 Å². The van der Waals surface area contributed by atoms with E-state index in [0.29, 0.717) is 0 Å². The average molecular weight is 326 g/mol. The summed E-state index contributed by atoms with van der Waals surface area (Å²) in [6.45, 7) is 8.73. The molecule has 2 aromatic heterocycles. The van der Waals surface area contributed by atoms with Crippen LogP contribution in [-0.4, -0.2) is 25.9 Å². The number of hydrogen-bond acceptors (Lipinski definition) is 3. The summed E-state index contributed by atoms with van der Waals surface area (Å²) in [5.41, 5.74) is 3.38. The maximum absolute atomic E-state index is 4.43. The number of aromatic nitrogens is 4. The summed E-state index contributed by atoms with van der Waals surface area (Å²) in [4.78, 5) is 4.41. The monoisotopic (exact) mass is 325 g/mol. The molecule has 0 fully saturated rings. The highest BCUT2D eigenvalue weighted by molar-refractivity contribution is 9.10. The van der Waals surface area contributed by atoms with Crippen molar-refractivity contribution >= 4 is 15.9 Å². The van der Waals surface area contributed by atoms with Gasteiger partial charge < -0.3 is 9.88 Å². The Kier molecular flexibility index (Phi) is 4.42. The molecule has 0 amide bonds. The second kappa shape index (κ2) is 5.88. The first-order chi connectivity index (χ1) is 9.04. The van der Waals surface area contributed by atoms with Crippen molar-refractivity contribution in [2.24, 2.45) is 7.05 Å². The molecule has 0 aliphatic carbocycles. The molecule has 0 unspecified atom stereocenters. The minimum atomic E-state index is 0.782. The van der Waals surface area contributed by atoms with E-state index in [1.807, 2.05) is 31.8 Å². The van der Waals surface area contributed by atoms with Crippen molar-refractivity contribution in [3.8, 4) is 0 Å². The second-order valence-corrected chi connectivity index (χ2v) is 5.43. The Morgan fingerprint density at radius 3 is 2.68 bits per heavy atom. The molecule has 0 aliphatic heterocycles. The van der Waals surface area contributed by atoms with Crippen LogP contribution < -0.4 is 5.32 Å². The van der Waals surface area contributed by atoms with Crippen LogP contribution in [0.5, 0.6) is 0 Å². The number of hydrogen-bond donors (Lipinski definition) is 1. The molecular formula is C13H20BrN5. The minimum Gasteiger partial charge on any atom is -0.325 e. The van der Waals surface area contributed by atoms with Crippen molar-refractivity contribution < 1.29 is 0 Å². The van der Waals surface area contributed by atoms with E-state index in [0.717, 1.165) is 41.3 Å². The van der Waals surface area contributed by atoms with Crippen LogP contribution in [0.3, 0.4) is 0 Å². The number of nitrogens with zero attached hydrogens (tertiary/aromatic N) is 4. The molecule has 6 heteroatoms. The van der Waals surface area contributed by atoms with Gasteiger partial charge in [-0.25, -0.2) is 4.98 Å². The predicted molar refractivity (Wildman–Crippen MR) is 79.1 cm³/mol. The summed E-state index contributed by atoms with van der Waals surface area (Å²) in [7, 11) is 1.98. The van der Waals surface area contributed by atoms with Crippen LogP contribution >= 0.6 is 15.9 Å². The summed E-state index contributed by atoms with van der Waals surface area (Å²) in [6, 6.07) is 0. The van der Waals surface area contributed by atoms with Gasteiger partial charge in [-0.05, 0) is 36.3 Å². The maximum Gasteiger partial charge on any atom is 0.106 e. The van der Waals surface area contributed by atoms with Crippen LogP contribution in [0.1, 0.15) is 29.8 Å². The molecule has 0 radical (unpaired) electrons. The van der Waals surface area contributed by atoms with Crippen molar-refractivity contribution in [2.75, 3.05) is 6.54 Å². The molecule has 2 rings (SSSR count). The lowest BCUT2D eigenvalue weighted by atomic mass is 10.3. The Balaban J connectivity index is 2.29. The van der Waals surface area contributed by atoms with E-state index >= 15 is 0 Å². The number of rotatable bonds is 5. The fraction of sp³-hybridized carbons (Fsp3) is 0.538. The number of halogens is 1. The molecule has 0 saturated heterocycles. The van der Waals surface area contributed by atoms with Crippen LogP contribution in [0.15, 0.2) is 10.7 Å². The molecule has 2 heterocycles. The molecular weight excluding hydrogens is 306 g/mol. The van der Waals surface area contributed by atoms with Gasteiger partial charge in [-0.2, -0.15) is 5.10 Å². The normalized spacial score (nSPS) is 11.2. The van der Waals surface area contributed by atoms with Gasteiger partial charge in [-0.3, -0.25) is 4.68 Å². The SMILES string of the molecule is CCNCc1cnc(C)n1Cc1c(Br)c(C)nn1C. The summed E-state index contributed by atoms with van der Waals surface area (Å²) in [5.74, 6) is 1.03. The number of aryl methyl sites for hydroxylation is 3. The summed E-state index contributed by atoms with van der Waals surface area (Å²) < 4.78 is 5.23. The quantitative estimate of drug-likeness (QED) is 0.916. The zero-order valence-corrected chi connectivity index (χ0v) is 13.5. The van der Waals surface area contributed by atoms with Crippen LogP contribution in [0.4, 0.5) is 0 Å². The zero-order valence-electron chi connectivity index (χ0n) is 11.9. The smallest absolute Gasteiger partial charge is 0.106 e. The zero-order chi connectivity index (χ0) is 14.0. The van der Waals surface area contributed by atoms with E-state index in [2.05, 4.69) is 42.8 Å². The third kappa shape index (κ3) is 2.90. The predicted octanol–water partition coefficient (Wildman–Crippen LogP) is 2.15. The highest BCUT2D eigenvalue weighted by Gasteiger charge is 2.14. The molecule has 1 N–H and O–H groups in total. The van der Waals surface area contributed by atoms with Gasteiger partial charge in [-0.1, -0.05) is 6.92 Å². The molecule has 0 bridgehead atoms. The second-order valence-electron chi connectivity index (χ2n) is 4.63. The Morgan fingerprint density at radius 1 is 1.37 bits per heavy atom. The first-order valence-corrected chi connectivity index (χ1v) is 7.23. The van der Waals surface area contributed by atoms with E-state index in [4.69, 9.17) is 0 Å². The Bertz CT molecular complexity index is 570. The molecule has 104 valence electrons. The Morgan fingerprint density at radius 2 is 2.11 bits per heavy atom. The molecule has 0 spiro atoms. The third-order valence-electron chi connectivity index (χ3n) is 3.26. The van der Waals surface area contributed by atoms with Crippen molar-refractivity contribution in [1.29, 1.82) is 0 Å². The van der Waals surface area contributed by atoms with Gasteiger partial charge in [0.05, 0.1) is 28.1 Å². The molecule has 2 aromatic rings. The largest absolute Gasteiger partial charge is 0.325 e. The summed E-state index contributed by atoms with van der Waals surface area (Å²) >= 11 is 3.62. The fourth-order valence-corrected chi connectivity index (χ4v) is 2.59. The topological polar surface area (TPSA) is 47.7 Å². The number of nitrogens with one attached hydrogen (secondary N) is 1. The average Bonchev–Trinajstić information content (AvgIpc) is 2.83. The van der Waals surface area contributed by atoms with Crippen molar-refractivity contribution in [1.82, 2.24) is 24.6 Å². The van der Waals surface area contributed by atoms with Gasteiger partial charge in [0.15, 0.2) is 0 Å². The lowest BCUT2D eigenvalue weighted by molar-refractivity contribution is 0.610. The lowest BCUT2D eigenvalue weighted by Gasteiger charge is -2.11. The van der Waals surface area contributed by atoms with E-state index in [1.165, 1.54) is 5.69 Å². The maximum atomic E-state index is 4.43. The Labute approximate surface area is 122 Å². The van der Waals surface area contributed by atoms with Gasteiger partial charge in [0.25, 0.3) is 0 Å². The van der Waals surface area contributed by atoms with E-state index in [-0.39, 0.29) is 0 Å². The number of imidazole rings is 1. The highest BCUT2D eigenvalue weighted by Crippen LogP contribution is 2.22. The molecule has 19 heavy (non-hydrogen) atoms. The van der Waals surface area contributed by atoms with Gasteiger partial charge in [0.2, 0.25) is 0 Å². The Hall–Kier alpha value is -1.14. The molecule has 0 aliphatic rings. The standard InChI is InChI=1S/C13H20BrN5/c1-5-15-6-11-7-16-10(3)19(11)8-12-13(14)9(2)17-18(12)4/h7,15H,5-6,8H2,1-4H3. The lowest BCUT2D eigenvalue weighted by Crippen LogP contribution is -2.17. The van der Waals surface area contributed by atoms with Crippen molar-refractivity contribution in [3.63, 3.8) is 0 Å². The van der Waals surface area contributed by atoms with Gasteiger partial charge in [-0.15, -0.1) is 0 Å². The highest BCUT2D eigenvalue weighted by atomic mass is 79.9.